The predicted octanol–water partition coefficient (Wildman–Crippen LogP) is 23.1. The van der Waals surface area contributed by atoms with E-state index in [2.05, 4.69) is 74.7 Å². The normalized spacial score (nSPS) is 13.8. The Balaban J connectivity index is 5.01. The van der Waals surface area contributed by atoms with Gasteiger partial charge in [0.05, 0.1) is 33.8 Å². The molecule has 0 aliphatic heterocycles. The van der Waals surface area contributed by atoms with Crippen LogP contribution in [-0.2, 0) is 27.9 Å². The Bertz CT molecular complexity index is 1650. The summed E-state index contributed by atoms with van der Waals surface area (Å²) in [5.74, 6) is -0.529. The number of unbranched alkanes of at least 4 members (excludes halogenated alkanes) is 44. The molecule has 1 N–H and O–H groups in total. The lowest BCUT2D eigenvalue weighted by atomic mass is 10.0. The average Bonchev–Trinajstić information content (AvgIpc) is 3.69. The largest absolute Gasteiger partial charge is 0.756 e. The number of nitrogens with one attached hydrogen (secondary N) is 1. The minimum Gasteiger partial charge on any atom is -0.756 e. The molecule has 0 saturated heterocycles. The number of carbonyl (C=O) groups is 2. The number of allylic oxidation sites excluding steroid dienone is 9. The second-order valence-corrected chi connectivity index (χ2v) is 27.9. The molecule has 3 unspecified atom stereocenters. The summed E-state index contributed by atoms with van der Waals surface area (Å²) in [5.41, 5.74) is 0. The highest BCUT2D eigenvalue weighted by Gasteiger charge is 2.27. The molecule has 504 valence electrons. The highest BCUT2D eigenvalue weighted by Crippen LogP contribution is 2.38. The van der Waals surface area contributed by atoms with Gasteiger partial charge in [0, 0.05) is 12.8 Å². The van der Waals surface area contributed by atoms with E-state index < -0.39 is 20.0 Å². The summed E-state index contributed by atoms with van der Waals surface area (Å²) in [6.07, 6.45) is 84.9. The summed E-state index contributed by atoms with van der Waals surface area (Å²) < 4.78 is 30.5. The number of esters is 1. The van der Waals surface area contributed by atoms with E-state index in [1.165, 1.54) is 257 Å². The topological polar surface area (TPSA) is 114 Å². The van der Waals surface area contributed by atoms with Crippen molar-refractivity contribution in [3.8, 4) is 0 Å². The Hall–Kier alpha value is -2.29. The van der Waals surface area contributed by atoms with Crippen molar-refractivity contribution in [3.05, 3.63) is 60.8 Å². The van der Waals surface area contributed by atoms with Gasteiger partial charge in [0.1, 0.15) is 19.3 Å². The van der Waals surface area contributed by atoms with Crippen molar-refractivity contribution >= 4 is 19.7 Å². The van der Waals surface area contributed by atoms with Gasteiger partial charge < -0.3 is 28.5 Å². The smallest absolute Gasteiger partial charge is 0.306 e. The van der Waals surface area contributed by atoms with Crippen LogP contribution in [-0.4, -0.2) is 69.4 Å². The van der Waals surface area contributed by atoms with Crippen LogP contribution in [0.25, 0.3) is 0 Å². The summed E-state index contributed by atoms with van der Waals surface area (Å²) in [4.78, 5) is 40.2. The lowest BCUT2D eigenvalue weighted by Gasteiger charge is -2.30. The lowest BCUT2D eigenvalue weighted by Crippen LogP contribution is -2.47. The number of carbonyl (C=O) groups excluding carboxylic acids is 2. The van der Waals surface area contributed by atoms with Gasteiger partial charge in [-0.15, -0.1) is 0 Å². The van der Waals surface area contributed by atoms with Crippen LogP contribution < -0.4 is 10.2 Å². The zero-order chi connectivity index (χ0) is 62.8. The van der Waals surface area contributed by atoms with Crippen molar-refractivity contribution in [1.29, 1.82) is 0 Å². The van der Waals surface area contributed by atoms with Crippen LogP contribution in [0.15, 0.2) is 60.8 Å². The van der Waals surface area contributed by atoms with Crippen LogP contribution in [0.5, 0.6) is 0 Å². The number of amides is 1. The Morgan fingerprint density at radius 3 is 1.09 bits per heavy atom. The second kappa shape index (κ2) is 65.7. The van der Waals surface area contributed by atoms with Crippen molar-refractivity contribution in [1.82, 2.24) is 5.32 Å². The Labute approximate surface area is 534 Å². The Morgan fingerprint density at radius 2 is 0.709 bits per heavy atom. The molecule has 0 aromatic carbocycles. The molecule has 0 rings (SSSR count). The van der Waals surface area contributed by atoms with E-state index in [1.54, 1.807) is 0 Å². The molecule has 0 spiro atoms. The molecule has 0 aliphatic rings. The average molecular weight is 1230 g/mol. The second-order valence-electron chi connectivity index (χ2n) is 26.4. The molecular weight excluding hydrogens is 1080 g/mol. The molecular formula is C76H143N2O7P. The first-order valence-electron chi connectivity index (χ1n) is 37.1. The van der Waals surface area contributed by atoms with Gasteiger partial charge in [-0.05, 0) is 96.0 Å². The van der Waals surface area contributed by atoms with Gasteiger partial charge in [-0.2, -0.15) is 0 Å². The standard InChI is InChI=1S/C76H143N2O7P/c1-7-10-13-16-19-22-25-28-30-32-34-36-38-39-41-42-44-46-48-50-53-56-59-62-65-68-75(79)77-73(72-84-86(81,82)83-71-70-78(4,5)6)74(67-64-61-58-55-52-27-24-21-18-15-12-9-3)85-76(80)69-66-63-60-57-54-51-49-47-45-43-40-37-35-33-31-29-26-23-20-17-14-11-8-2/h19,22,28-31,34,36,64,67,73-74H,7-18,20-21,23-27,32-33,35,37-63,65-66,68-72H2,1-6H3,(H-,77,79,81,82)/b22-19-,30-28-,31-29+,36-34-,67-64+. The van der Waals surface area contributed by atoms with Crippen molar-refractivity contribution in [2.24, 2.45) is 0 Å². The molecule has 0 aliphatic carbocycles. The number of ether oxygens (including phenoxy) is 1. The van der Waals surface area contributed by atoms with E-state index in [-0.39, 0.29) is 31.5 Å². The van der Waals surface area contributed by atoms with Crippen molar-refractivity contribution in [3.63, 3.8) is 0 Å². The van der Waals surface area contributed by atoms with Gasteiger partial charge in [-0.25, -0.2) is 0 Å². The maximum Gasteiger partial charge on any atom is 0.306 e. The first-order valence-corrected chi connectivity index (χ1v) is 38.6. The molecule has 3 atom stereocenters. The van der Waals surface area contributed by atoms with Crippen LogP contribution in [0.1, 0.15) is 361 Å². The Kier molecular flexibility index (Phi) is 63.9. The molecule has 10 heteroatoms. The van der Waals surface area contributed by atoms with Crippen LogP contribution in [0.4, 0.5) is 0 Å². The first kappa shape index (κ1) is 83.7. The van der Waals surface area contributed by atoms with Gasteiger partial charge in [-0.3, -0.25) is 14.2 Å². The molecule has 86 heavy (non-hydrogen) atoms. The quantitative estimate of drug-likeness (QED) is 0.0212. The lowest BCUT2D eigenvalue weighted by molar-refractivity contribution is -0.870. The SMILES string of the molecule is CCCCC/C=C\C/C=C\C/C=C\CCCCCCCCCCCCCCC(=O)NC(COP(=O)([O-])OCC[N+](C)(C)C)C(/C=C/CCCCCCCCCCCC)OC(=O)CCCCCCCCCCCCCCC/C=C/CCCCCCCC. The third-order valence-corrected chi connectivity index (χ3v) is 17.6. The zero-order valence-electron chi connectivity index (χ0n) is 57.8. The molecule has 9 nitrogen and oxygen atoms in total. The van der Waals surface area contributed by atoms with Crippen LogP contribution in [0, 0.1) is 0 Å². The molecule has 0 fully saturated rings. The highest BCUT2D eigenvalue weighted by atomic mass is 31.2. The summed E-state index contributed by atoms with van der Waals surface area (Å²) in [7, 11) is 1.19. The summed E-state index contributed by atoms with van der Waals surface area (Å²) in [5, 5.41) is 3.05. The fraction of sp³-hybridized carbons (Fsp3) is 0.842. The molecule has 0 aromatic rings. The number of hydrogen-bond donors (Lipinski definition) is 1. The third-order valence-electron chi connectivity index (χ3n) is 16.7. The van der Waals surface area contributed by atoms with Gasteiger partial charge in [-0.1, -0.05) is 313 Å². The third kappa shape index (κ3) is 66.1. The van der Waals surface area contributed by atoms with E-state index in [4.69, 9.17) is 13.8 Å². The van der Waals surface area contributed by atoms with Gasteiger partial charge >= 0.3 is 5.97 Å². The Morgan fingerprint density at radius 1 is 0.407 bits per heavy atom. The van der Waals surface area contributed by atoms with Crippen molar-refractivity contribution < 1.29 is 37.3 Å². The van der Waals surface area contributed by atoms with Gasteiger partial charge in [0.15, 0.2) is 0 Å². The molecule has 0 bridgehead atoms. The molecule has 1 amide bonds. The summed E-state index contributed by atoms with van der Waals surface area (Å²) in [6, 6.07) is -0.890. The zero-order valence-corrected chi connectivity index (χ0v) is 58.7. The molecule has 0 saturated carbocycles. The van der Waals surface area contributed by atoms with Gasteiger partial charge in [0.2, 0.25) is 5.91 Å². The molecule has 0 aromatic heterocycles. The van der Waals surface area contributed by atoms with Crippen LogP contribution >= 0.6 is 7.82 Å². The minimum atomic E-state index is -4.71. The van der Waals surface area contributed by atoms with E-state index >= 15 is 0 Å². The number of quaternary nitrogens is 1. The number of phosphoric acid groups is 1. The minimum absolute atomic E-state index is 0.0222. The number of hydrogen-bond acceptors (Lipinski definition) is 7. The van der Waals surface area contributed by atoms with Crippen LogP contribution in [0.3, 0.4) is 0 Å². The van der Waals surface area contributed by atoms with Crippen molar-refractivity contribution in [2.75, 3.05) is 40.9 Å². The molecule has 0 heterocycles. The van der Waals surface area contributed by atoms with E-state index in [9.17, 15) is 19.0 Å². The fourth-order valence-electron chi connectivity index (χ4n) is 10.9. The molecule has 0 radical (unpaired) electrons. The van der Waals surface area contributed by atoms with E-state index in [1.807, 2.05) is 33.3 Å². The maximum atomic E-state index is 13.6. The number of phosphoric ester groups is 1. The number of nitrogens with zero attached hydrogens (tertiary/aromatic N) is 1. The summed E-state index contributed by atoms with van der Waals surface area (Å²) >= 11 is 0. The van der Waals surface area contributed by atoms with E-state index in [0.29, 0.717) is 17.4 Å². The van der Waals surface area contributed by atoms with E-state index in [0.717, 1.165) is 70.6 Å². The number of likely N-dealkylation sites (N-methyl/N-ethyl adjacent to an activating group) is 1. The maximum absolute atomic E-state index is 13.6. The summed E-state index contributed by atoms with van der Waals surface area (Å²) in [6.45, 7) is 6.86. The monoisotopic (exact) mass is 1230 g/mol. The fourth-order valence-corrected chi connectivity index (χ4v) is 11.7. The van der Waals surface area contributed by atoms with Crippen LogP contribution in [0.2, 0.25) is 0 Å². The first-order chi connectivity index (χ1) is 41.9. The highest BCUT2D eigenvalue weighted by molar-refractivity contribution is 7.45. The van der Waals surface area contributed by atoms with Gasteiger partial charge in [0.25, 0.3) is 7.82 Å². The number of rotatable bonds is 68. The van der Waals surface area contributed by atoms with Crippen molar-refractivity contribution in [2.45, 2.75) is 373 Å². The predicted molar refractivity (Wildman–Crippen MR) is 372 cm³/mol.